The second-order valence-electron chi connectivity index (χ2n) is 4.07. The molecule has 0 spiro atoms. The van der Waals surface area contributed by atoms with Crippen LogP contribution in [-0.2, 0) is 14.3 Å². The molecule has 0 radical (unpaired) electrons. The Morgan fingerprint density at radius 3 is 2.56 bits per heavy atom. The van der Waals surface area contributed by atoms with Gasteiger partial charge in [0.1, 0.15) is 6.61 Å². The van der Waals surface area contributed by atoms with Crippen LogP contribution in [0.2, 0.25) is 0 Å². The van der Waals surface area contributed by atoms with E-state index >= 15 is 0 Å². The van der Waals surface area contributed by atoms with Crippen molar-refractivity contribution < 1.29 is 19.4 Å². The Morgan fingerprint density at radius 2 is 1.94 bits per heavy atom. The summed E-state index contributed by atoms with van der Waals surface area (Å²) in [7, 11) is 0. The van der Waals surface area contributed by atoms with E-state index in [0.29, 0.717) is 6.54 Å². The van der Waals surface area contributed by atoms with Gasteiger partial charge in [-0.05, 0) is 12.8 Å². The summed E-state index contributed by atoms with van der Waals surface area (Å²) in [6.45, 7) is 0.340. The van der Waals surface area contributed by atoms with E-state index in [1.165, 1.54) is 6.42 Å². The van der Waals surface area contributed by atoms with Crippen LogP contribution in [0.5, 0.6) is 0 Å². The smallest absolute Gasteiger partial charge is 0.329 e. The summed E-state index contributed by atoms with van der Waals surface area (Å²) >= 11 is 0. The average molecular weight is 229 g/mol. The monoisotopic (exact) mass is 229 g/mol. The minimum Gasteiger partial charge on any atom is -0.480 e. The number of ether oxygens (including phenoxy) is 1. The number of rotatable bonds is 6. The molecule has 1 amide bonds. The third-order valence-corrected chi connectivity index (χ3v) is 2.75. The lowest BCUT2D eigenvalue weighted by molar-refractivity contribution is -0.142. The summed E-state index contributed by atoms with van der Waals surface area (Å²) in [6, 6.07) is 0. The first-order chi connectivity index (χ1) is 7.70. The summed E-state index contributed by atoms with van der Waals surface area (Å²) in [5.41, 5.74) is 0. The first-order valence-corrected chi connectivity index (χ1v) is 5.77. The number of carbonyl (C=O) groups is 2. The topological polar surface area (TPSA) is 75.6 Å². The first-order valence-electron chi connectivity index (χ1n) is 5.77. The second-order valence-corrected chi connectivity index (χ2v) is 4.07. The normalized spacial score (nSPS) is 17.0. The molecule has 1 saturated carbocycles. The zero-order valence-electron chi connectivity index (χ0n) is 9.41. The molecule has 1 rings (SSSR count). The van der Waals surface area contributed by atoms with E-state index in [4.69, 9.17) is 9.84 Å². The third kappa shape index (κ3) is 5.11. The summed E-state index contributed by atoms with van der Waals surface area (Å²) in [6.07, 6.45) is 5.44. The van der Waals surface area contributed by atoms with Gasteiger partial charge in [0.15, 0.2) is 0 Å². The highest BCUT2D eigenvalue weighted by Gasteiger charge is 2.20. The molecule has 5 heteroatoms. The third-order valence-electron chi connectivity index (χ3n) is 2.75. The molecule has 1 aliphatic rings. The van der Waals surface area contributed by atoms with E-state index in [1.807, 2.05) is 0 Å². The molecule has 5 nitrogen and oxygen atoms in total. The van der Waals surface area contributed by atoms with E-state index in [2.05, 4.69) is 5.32 Å². The number of hydrogen-bond acceptors (Lipinski definition) is 3. The number of carboxylic acid groups (broad SMARTS) is 1. The number of hydrogen-bond donors (Lipinski definition) is 2. The number of carbonyl (C=O) groups excluding carboxylic acids is 1. The lowest BCUT2D eigenvalue weighted by Gasteiger charge is -2.20. The number of aliphatic carboxylic acids is 1. The van der Waals surface area contributed by atoms with E-state index < -0.39 is 5.97 Å². The predicted molar refractivity (Wildman–Crippen MR) is 58.0 cm³/mol. The van der Waals surface area contributed by atoms with E-state index in [-0.39, 0.29) is 25.0 Å². The van der Waals surface area contributed by atoms with Gasteiger partial charge in [0.05, 0.1) is 6.61 Å². The molecular formula is C11H19NO4. The van der Waals surface area contributed by atoms with Gasteiger partial charge in [-0.1, -0.05) is 19.3 Å². The fraction of sp³-hybridized carbons (Fsp3) is 0.818. The maximum absolute atomic E-state index is 11.6. The first kappa shape index (κ1) is 13.0. The van der Waals surface area contributed by atoms with Crippen LogP contribution in [-0.4, -0.2) is 36.7 Å². The molecule has 0 heterocycles. The maximum atomic E-state index is 11.6. The van der Waals surface area contributed by atoms with E-state index in [1.54, 1.807) is 0 Å². The van der Waals surface area contributed by atoms with Crippen LogP contribution >= 0.6 is 0 Å². The molecule has 0 bridgehead atoms. The van der Waals surface area contributed by atoms with Crippen LogP contribution in [0.1, 0.15) is 32.1 Å². The molecule has 0 aliphatic heterocycles. The summed E-state index contributed by atoms with van der Waals surface area (Å²) in [4.78, 5) is 21.7. The standard InChI is InChI=1S/C11H19NO4/c13-10(14)8-16-7-6-12-11(15)9-4-2-1-3-5-9/h9H,1-8H2,(H,12,15)(H,13,14). The van der Waals surface area contributed by atoms with Gasteiger partial charge in [-0.25, -0.2) is 4.79 Å². The van der Waals surface area contributed by atoms with Crippen molar-refractivity contribution in [3.8, 4) is 0 Å². The van der Waals surface area contributed by atoms with Crippen molar-refractivity contribution in [2.24, 2.45) is 5.92 Å². The zero-order valence-corrected chi connectivity index (χ0v) is 9.41. The minimum absolute atomic E-state index is 0.0821. The summed E-state index contributed by atoms with van der Waals surface area (Å²) in [5, 5.41) is 11.1. The molecule has 1 fully saturated rings. The van der Waals surface area contributed by atoms with Crippen molar-refractivity contribution in [2.45, 2.75) is 32.1 Å². The van der Waals surface area contributed by atoms with Crippen LogP contribution in [0.15, 0.2) is 0 Å². The summed E-state index contributed by atoms with van der Waals surface area (Å²) in [5.74, 6) is -0.759. The largest absolute Gasteiger partial charge is 0.480 e. The zero-order chi connectivity index (χ0) is 11.8. The second kappa shape index (κ2) is 7.22. The molecule has 1 aliphatic carbocycles. The van der Waals surface area contributed by atoms with Crippen LogP contribution < -0.4 is 5.32 Å². The highest BCUT2D eigenvalue weighted by atomic mass is 16.5. The number of amides is 1. The molecular weight excluding hydrogens is 210 g/mol. The predicted octanol–water partition coefficient (Wildman–Crippen LogP) is 0.784. The van der Waals surface area contributed by atoms with E-state index in [0.717, 1.165) is 25.7 Å². The van der Waals surface area contributed by atoms with Gasteiger partial charge in [0.2, 0.25) is 5.91 Å². The van der Waals surface area contributed by atoms with Crippen molar-refractivity contribution >= 4 is 11.9 Å². The molecule has 0 saturated heterocycles. The highest BCUT2D eigenvalue weighted by Crippen LogP contribution is 2.23. The Labute approximate surface area is 95.2 Å². The Morgan fingerprint density at radius 1 is 1.25 bits per heavy atom. The Bertz CT molecular complexity index is 236. The van der Waals surface area contributed by atoms with Crippen molar-refractivity contribution in [1.82, 2.24) is 5.32 Å². The van der Waals surface area contributed by atoms with Crippen molar-refractivity contribution in [1.29, 1.82) is 0 Å². The highest BCUT2D eigenvalue weighted by molar-refractivity contribution is 5.78. The molecule has 0 unspecified atom stereocenters. The van der Waals surface area contributed by atoms with Gasteiger partial charge in [-0.3, -0.25) is 4.79 Å². The fourth-order valence-corrected chi connectivity index (χ4v) is 1.91. The lowest BCUT2D eigenvalue weighted by atomic mass is 9.89. The van der Waals surface area contributed by atoms with Crippen LogP contribution in [0.4, 0.5) is 0 Å². The SMILES string of the molecule is O=C(O)COCCNC(=O)C1CCCCC1. The number of nitrogens with one attached hydrogen (secondary N) is 1. The molecule has 0 atom stereocenters. The lowest BCUT2D eigenvalue weighted by Crippen LogP contribution is -2.34. The summed E-state index contributed by atoms with van der Waals surface area (Å²) < 4.78 is 4.82. The molecule has 2 N–H and O–H groups in total. The minimum atomic E-state index is -0.987. The van der Waals surface area contributed by atoms with Crippen molar-refractivity contribution in [2.75, 3.05) is 19.8 Å². The van der Waals surface area contributed by atoms with Gasteiger partial charge >= 0.3 is 5.97 Å². The molecule has 0 aromatic heterocycles. The van der Waals surface area contributed by atoms with Crippen molar-refractivity contribution in [3.05, 3.63) is 0 Å². The fourth-order valence-electron chi connectivity index (χ4n) is 1.91. The van der Waals surface area contributed by atoms with Crippen molar-refractivity contribution in [3.63, 3.8) is 0 Å². The van der Waals surface area contributed by atoms with E-state index in [9.17, 15) is 9.59 Å². The molecule has 16 heavy (non-hydrogen) atoms. The van der Waals surface area contributed by atoms with Gasteiger partial charge in [-0.2, -0.15) is 0 Å². The quantitative estimate of drug-likeness (QED) is 0.660. The Hall–Kier alpha value is -1.10. The van der Waals surface area contributed by atoms with Crippen LogP contribution in [0.25, 0.3) is 0 Å². The maximum Gasteiger partial charge on any atom is 0.329 e. The molecule has 0 aromatic carbocycles. The Balaban J connectivity index is 2.03. The number of carboxylic acids is 1. The van der Waals surface area contributed by atoms with Gasteiger partial charge in [0, 0.05) is 12.5 Å². The van der Waals surface area contributed by atoms with Gasteiger partial charge in [-0.15, -0.1) is 0 Å². The molecule has 0 aromatic rings. The average Bonchev–Trinajstić information content (AvgIpc) is 2.29. The molecule has 92 valence electrons. The Kier molecular flexibility index (Phi) is 5.85. The van der Waals surface area contributed by atoms with Gasteiger partial charge in [0.25, 0.3) is 0 Å². The van der Waals surface area contributed by atoms with Crippen LogP contribution in [0.3, 0.4) is 0 Å². The van der Waals surface area contributed by atoms with Gasteiger partial charge < -0.3 is 15.2 Å². The van der Waals surface area contributed by atoms with Crippen LogP contribution in [0, 0.1) is 5.92 Å².